The molecule has 1 unspecified atom stereocenters. The number of amides is 1. The third kappa shape index (κ3) is 2.59. The van der Waals surface area contributed by atoms with Crippen LogP contribution in [0.5, 0.6) is 0 Å². The van der Waals surface area contributed by atoms with Crippen molar-refractivity contribution in [3.8, 4) is 0 Å². The number of aryl methyl sites for hydroxylation is 1. The first-order valence-corrected chi connectivity index (χ1v) is 6.94. The standard InChI is InChI=1S/C14H16F2N4O/c1-9-4-6-20-12(19-9)11(8-18-20)13(21)17-7-10-3-2-5-14(10,15)16/h4,6,8,10H,2-3,5,7H2,1H3,(H,17,21). The average molecular weight is 294 g/mol. The van der Waals surface area contributed by atoms with Gasteiger partial charge in [-0.1, -0.05) is 0 Å². The van der Waals surface area contributed by atoms with Crippen LogP contribution in [0.15, 0.2) is 18.5 Å². The molecular weight excluding hydrogens is 278 g/mol. The minimum atomic E-state index is -2.68. The molecule has 2 aromatic heterocycles. The molecule has 0 aromatic carbocycles. The molecule has 1 atom stereocenters. The summed E-state index contributed by atoms with van der Waals surface area (Å²) >= 11 is 0. The zero-order valence-corrected chi connectivity index (χ0v) is 11.6. The molecule has 1 N–H and O–H groups in total. The first-order valence-electron chi connectivity index (χ1n) is 6.94. The molecule has 5 nitrogen and oxygen atoms in total. The highest BCUT2D eigenvalue weighted by atomic mass is 19.3. The van der Waals surface area contributed by atoms with E-state index in [9.17, 15) is 13.6 Å². The Kier molecular flexibility index (Phi) is 3.35. The predicted octanol–water partition coefficient (Wildman–Crippen LogP) is 2.20. The molecule has 1 amide bonds. The molecule has 2 aromatic rings. The van der Waals surface area contributed by atoms with Gasteiger partial charge in [-0.25, -0.2) is 18.3 Å². The Morgan fingerprint density at radius 3 is 3.10 bits per heavy atom. The summed E-state index contributed by atoms with van der Waals surface area (Å²) in [5.41, 5.74) is 1.50. The Morgan fingerprint density at radius 2 is 2.38 bits per heavy atom. The quantitative estimate of drug-likeness (QED) is 0.944. The van der Waals surface area contributed by atoms with Crippen LogP contribution in [0.4, 0.5) is 8.78 Å². The smallest absolute Gasteiger partial charge is 0.256 e. The van der Waals surface area contributed by atoms with Gasteiger partial charge in [0.05, 0.1) is 6.20 Å². The number of carbonyl (C=O) groups is 1. The Balaban J connectivity index is 1.74. The largest absolute Gasteiger partial charge is 0.351 e. The van der Waals surface area contributed by atoms with Gasteiger partial charge in [-0.2, -0.15) is 5.10 Å². The van der Waals surface area contributed by atoms with Gasteiger partial charge in [-0.05, 0) is 25.8 Å². The van der Waals surface area contributed by atoms with Gasteiger partial charge >= 0.3 is 0 Å². The molecule has 1 aliphatic carbocycles. The highest BCUT2D eigenvalue weighted by Crippen LogP contribution is 2.39. The number of nitrogens with zero attached hydrogens (tertiary/aromatic N) is 3. The lowest BCUT2D eigenvalue weighted by molar-refractivity contribution is -0.0352. The number of halogens is 2. The fourth-order valence-electron chi connectivity index (χ4n) is 2.68. The molecule has 0 aliphatic heterocycles. The molecule has 112 valence electrons. The summed E-state index contributed by atoms with van der Waals surface area (Å²) in [6, 6.07) is 1.78. The molecular formula is C14H16F2N4O. The second-order valence-corrected chi connectivity index (χ2v) is 5.46. The van der Waals surface area contributed by atoms with Gasteiger partial charge in [0.1, 0.15) is 5.56 Å². The molecule has 1 fully saturated rings. The number of hydrogen-bond donors (Lipinski definition) is 1. The first-order chi connectivity index (χ1) is 9.97. The van der Waals surface area contributed by atoms with E-state index in [4.69, 9.17) is 0 Å². The van der Waals surface area contributed by atoms with Crippen molar-refractivity contribution in [1.29, 1.82) is 0 Å². The van der Waals surface area contributed by atoms with Gasteiger partial charge in [0.2, 0.25) is 0 Å². The summed E-state index contributed by atoms with van der Waals surface area (Å²) in [5.74, 6) is -3.87. The highest BCUT2D eigenvalue weighted by Gasteiger charge is 2.43. The van der Waals surface area contributed by atoms with Gasteiger partial charge in [0.15, 0.2) is 5.65 Å². The van der Waals surface area contributed by atoms with Crippen molar-refractivity contribution < 1.29 is 13.6 Å². The molecule has 3 rings (SSSR count). The third-order valence-corrected chi connectivity index (χ3v) is 3.92. The lowest BCUT2D eigenvalue weighted by Crippen LogP contribution is -2.35. The maximum atomic E-state index is 13.5. The Hall–Kier alpha value is -2.05. The van der Waals surface area contributed by atoms with Crippen LogP contribution in [-0.4, -0.2) is 33.0 Å². The van der Waals surface area contributed by atoms with Crippen LogP contribution in [0.25, 0.3) is 5.65 Å². The van der Waals surface area contributed by atoms with Gasteiger partial charge in [-0.3, -0.25) is 4.79 Å². The van der Waals surface area contributed by atoms with Crippen molar-refractivity contribution in [2.75, 3.05) is 6.54 Å². The topological polar surface area (TPSA) is 59.3 Å². The summed E-state index contributed by atoms with van der Waals surface area (Å²) in [4.78, 5) is 16.4. The summed E-state index contributed by atoms with van der Waals surface area (Å²) in [6.07, 6.45) is 3.97. The van der Waals surface area contributed by atoms with E-state index in [1.165, 1.54) is 10.7 Å². The van der Waals surface area contributed by atoms with Gasteiger partial charge < -0.3 is 5.32 Å². The van der Waals surface area contributed by atoms with E-state index in [-0.39, 0.29) is 13.0 Å². The molecule has 0 radical (unpaired) electrons. The van der Waals surface area contributed by atoms with Crippen LogP contribution >= 0.6 is 0 Å². The predicted molar refractivity (Wildman–Crippen MR) is 72.3 cm³/mol. The number of fused-ring (bicyclic) bond motifs is 1. The van der Waals surface area contributed by atoms with Crippen LogP contribution in [-0.2, 0) is 0 Å². The SMILES string of the molecule is Cc1ccn2ncc(C(=O)NCC3CCCC3(F)F)c2n1. The molecule has 1 saturated carbocycles. The average Bonchev–Trinajstić information content (AvgIpc) is 2.98. The number of hydrogen-bond acceptors (Lipinski definition) is 3. The second-order valence-electron chi connectivity index (χ2n) is 5.46. The number of carbonyl (C=O) groups excluding carboxylic acids is 1. The second kappa shape index (κ2) is 5.05. The number of aromatic nitrogens is 3. The lowest BCUT2D eigenvalue weighted by Gasteiger charge is -2.18. The van der Waals surface area contributed by atoms with Crippen molar-refractivity contribution in [2.24, 2.45) is 5.92 Å². The van der Waals surface area contributed by atoms with Gasteiger partial charge in [-0.15, -0.1) is 0 Å². The van der Waals surface area contributed by atoms with Crippen molar-refractivity contribution in [2.45, 2.75) is 32.1 Å². The van der Waals surface area contributed by atoms with Crippen molar-refractivity contribution in [3.05, 3.63) is 29.7 Å². The summed E-state index contributed by atoms with van der Waals surface area (Å²) < 4.78 is 28.5. The van der Waals surface area contributed by atoms with E-state index in [0.717, 1.165) is 5.69 Å². The third-order valence-electron chi connectivity index (χ3n) is 3.92. The zero-order valence-electron chi connectivity index (χ0n) is 11.6. The van der Waals surface area contributed by atoms with Crippen molar-refractivity contribution in [1.82, 2.24) is 19.9 Å². The number of rotatable bonds is 3. The van der Waals surface area contributed by atoms with Crippen molar-refractivity contribution >= 4 is 11.6 Å². The maximum absolute atomic E-state index is 13.5. The molecule has 0 spiro atoms. The summed E-state index contributed by atoms with van der Waals surface area (Å²) in [5, 5.41) is 6.62. The monoisotopic (exact) mass is 294 g/mol. The molecule has 7 heteroatoms. The maximum Gasteiger partial charge on any atom is 0.256 e. The summed E-state index contributed by atoms with van der Waals surface area (Å²) in [6.45, 7) is 1.79. The van der Waals surface area contributed by atoms with Gasteiger partial charge in [0, 0.05) is 30.8 Å². The molecule has 1 aliphatic rings. The van der Waals surface area contributed by atoms with Crippen LogP contribution in [0.1, 0.15) is 35.3 Å². The van der Waals surface area contributed by atoms with E-state index in [2.05, 4.69) is 15.4 Å². The molecule has 21 heavy (non-hydrogen) atoms. The normalized spacial score (nSPS) is 20.8. The molecule has 0 saturated heterocycles. The van der Waals surface area contributed by atoms with Gasteiger partial charge in [0.25, 0.3) is 11.8 Å². The molecule has 2 heterocycles. The highest BCUT2D eigenvalue weighted by molar-refractivity contribution is 5.99. The van der Waals surface area contributed by atoms with E-state index >= 15 is 0 Å². The van der Waals surface area contributed by atoms with Crippen LogP contribution in [0, 0.1) is 12.8 Å². The Labute approximate surface area is 120 Å². The number of alkyl halides is 2. The minimum absolute atomic E-state index is 0.0189. The van der Waals surface area contributed by atoms with E-state index in [1.54, 1.807) is 12.3 Å². The van der Waals surface area contributed by atoms with E-state index in [1.807, 2.05) is 6.92 Å². The van der Waals surface area contributed by atoms with Crippen LogP contribution in [0.3, 0.4) is 0 Å². The Morgan fingerprint density at radius 1 is 1.57 bits per heavy atom. The fourth-order valence-corrected chi connectivity index (χ4v) is 2.68. The molecule has 0 bridgehead atoms. The minimum Gasteiger partial charge on any atom is -0.351 e. The Bertz CT molecular complexity index is 683. The van der Waals surface area contributed by atoms with E-state index < -0.39 is 17.7 Å². The van der Waals surface area contributed by atoms with Crippen LogP contribution in [0.2, 0.25) is 0 Å². The van der Waals surface area contributed by atoms with E-state index in [0.29, 0.717) is 24.1 Å². The zero-order chi connectivity index (χ0) is 15.0. The number of nitrogens with one attached hydrogen (secondary N) is 1. The summed E-state index contributed by atoms with van der Waals surface area (Å²) in [7, 11) is 0. The lowest BCUT2D eigenvalue weighted by atomic mass is 10.1. The fraction of sp³-hybridized carbons (Fsp3) is 0.500. The van der Waals surface area contributed by atoms with Crippen LogP contribution < -0.4 is 5.32 Å². The first kappa shape index (κ1) is 13.9. The van der Waals surface area contributed by atoms with Crippen molar-refractivity contribution in [3.63, 3.8) is 0 Å².